The van der Waals surface area contributed by atoms with E-state index in [1.54, 1.807) is 22.4 Å². The first kappa shape index (κ1) is 15.5. The predicted octanol–water partition coefficient (Wildman–Crippen LogP) is 2.55. The lowest BCUT2D eigenvalue weighted by Crippen LogP contribution is -2.57. The van der Waals surface area contributed by atoms with Crippen molar-refractivity contribution in [3.63, 3.8) is 0 Å². The van der Waals surface area contributed by atoms with Gasteiger partial charge in [-0.15, -0.1) is 11.3 Å². The van der Waals surface area contributed by atoms with Gasteiger partial charge in [0.2, 0.25) is 5.91 Å². The Morgan fingerprint density at radius 3 is 3.13 bits per heavy atom. The van der Waals surface area contributed by atoms with Crippen LogP contribution >= 0.6 is 11.3 Å². The van der Waals surface area contributed by atoms with Gasteiger partial charge in [-0.25, -0.2) is 9.78 Å². The van der Waals surface area contributed by atoms with Crippen LogP contribution in [0.3, 0.4) is 0 Å². The summed E-state index contributed by atoms with van der Waals surface area (Å²) in [5.41, 5.74) is 1.66. The van der Waals surface area contributed by atoms with Gasteiger partial charge in [-0.2, -0.15) is 0 Å². The molecule has 120 valence electrons. The fourth-order valence-electron chi connectivity index (χ4n) is 2.65. The van der Waals surface area contributed by atoms with E-state index in [2.05, 4.69) is 15.6 Å². The molecular weight excluding hydrogens is 312 g/mol. The number of hydrogen-bond acceptors (Lipinski definition) is 4. The molecule has 1 aliphatic rings. The van der Waals surface area contributed by atoms with Gasteiger partial charge in [0.25, 0.3) is 0 Å². The molecule has 0 radical (unpaired) electrons. The summed E-state index contributed by atoms with van der Waals surface area (Å²) in [5, 5.41) is 8.50. The van der Waals surface area contributed by atoms with Crippen LogP contribution in [-0.4, -0.2) is 41.0 Å². The molecule has 1 aliphatic heterocycles. The molecule has 3 rings (SSSR count). The molecule has 2 aromatic rings. The highest BCUT2D eigenvalue weighted by atomic mass is 32.1. The van der Waals surface area contributed by atoms with E-state index in [-0.39, 0.29) is 11.9 Å². The second kappa shape index (κ2) is 6.78. The minimum atomic E-state index is -0.411. The Balaban J connectivity index is 1.75. The lowest BCUT2D eigenvalue weighted by molar-refractivity contribution is -0.127. The lowest BCUT2D eigenvalue weighted by Gasteiger charge is -2.34. The predicted molar refractivity (Wildman–Crippen MR) is 90.4 cm³/mol. The summed E-state index contributed by atoms with van der Waals surface area (Å²) in [7, 11) is 0. The van der Waals surface area contributed by atoms with Gasteiger partial charge < -0.3 is 15.5 Å². The van der Waals surface area contributed by atoms with Crippen molar-refractivity contribution in [2.24, 2.45) is 0 Å². The van der Waals surface area contributed by atoms with E-state index in [9.17, 15) is 9.59 Å². The molecule has 7 heteroatoms. The molecule has 1 aromatic heterocycles. The Hall–Kier alpha value is -2.41. The third kappa shape index (κ3) is 3.34. The number of urea groups is 1. The summed E-state index contributed by atoms with van der Waals surface area (Å²) in [6.07, 6.45) is 2.35. The van der Waals surface area contributed by atoms with Crippen molar-refractivity contribution in [2.45, 2.75) is 19.4 Å². The molecule has 2 heterocycles. The van der Waals surface area contributed by atoms with Crippen molar-refractivity contribution < 1.29 is 9.59 Å². The van der Waals surface area contributed by atoms with Crippen LogP contribution in [0.2, 0.25) is 0 Å². The van der Waals surface area contributed by atoms with Gasteiger partial charge in [0.15, 0.2) is 0 Å². The van der Waals surface area contributed by atoms with Crippen LogP contribution in [0, 0.1) is 0 Å². The number of carbonyl (C=O) groups is 2. The second-order valence-electron chi connectivity index (χ2n) is 5.26. The van der Waals surface area contributed by atoms with Crippen molar-refractivity contribution in [1.82, 2.24) is 15.2 Å². The maximum absolute atomic E-state index is 12.5. The topological polar surface area (TPSA) is 74.3 Å². The molecule has 0 spiro atoms. The van der Waals surface area contributed by atoms with Crippen molar-refractivity contribution in [3.8, 4) is 10.6 Å². The molecule has 6 nitrogen and oxygen atoms in total. The molecule has 23 heavy (non-hydrogen) atoms. The van der Waals surface area contributed by atoms with Crippen molar-refractivity contribution >= 4 is 29.0 Å². The Labute approximate surface area is 138 Å². The fourth-order valence-corrected chi connectivity index (χ4v) is 3.29. The van der Waals surface area contributed by atoms with E-state index in [1.165, 1.54) is 0 Å². The van der Waals surface area contributed by atoms with Crippen LogP contribution in [-0.2, 0) is 4.79 Å². The highest BCUT2D eigenvalue weighted by Crippen LogP contribution is 2.24. The van der Waals surface area contributed by atoms with Crippen LogP contribution in [0.1, 0.15) is 13.3 Å². The number of rotatable bonds is 3. The monoisotopic (exact) mass is 330 g/mol. The molecule has 2 N–H and O–H groups in total. The Bertz CT molecular complexity index is 702. The minimum absolute atomic E-state index is 0.0922. The molecule has 1 atom stereocenters. The van der Waals surface area contributed by atoms with Gasteiger partial charge in [-0.05, 0) is 18.6 Å². The number of anilines is 1. The van der Waals surface area contributed by atoms with Crippen molar-refractivity contribution in [2.75, 3.05) is 18.4 Å². The van der Waals surface area contributed by atoms with Crippen LogP contribution in [0.4, 0.5) is 10.5 Å². The molecule has 1 fully saturated rings. The van der Waals surface area contributed by atoms with Gasteiger partial charge in [0.05, 0.1) is 0 Å². The average molecular weight is 330 g/mol. The van der Waals surface area contributed by atoms with Crippen LogP contribution < -0.4 is 10.6 Å². The Kier molecular flexibility index (Phi) is 4.57. The Morgan fingerprint density at radius 2 is 2.39 bits per heavy atom. The third-order valence-electron chi connectivity index (χ3n) is 3.77. The van der Waals surface area contributed by atoms with E-state index >= 15 is 0 Å². The van der Waals surface area contributed by atoms with Crippen LogP contribution in [0.15, 0.2) is 35.8 Å². The zero-order valence-electron chi connectivity index (χ0n) is 12.8. The Morgan fingerprint density at radius 1 is 1.52 bits per heavy atom. The molecule has 0 saturated carbocycles. The summed E-state index contributed by atoms with van der Waals surface area (Å²) in [6, 6.07) is 6.90. The molecule has 0 bridgehead atoms. The van der Waals surface area contributed by atoms with E-state index in [0.29, 0.717) is 25.2 Å². The smallest absolute Gasteiger partial charge is 0.322 e. The second-order valence-corrected chi connectivity index (χ2v) is 6.15. The summed E-state index contributed by atoms with van der Waals surface area (Å²) >= 11 is 1.55. The van der Waals surface area contributed by atoms with Gasteiger partial charge in [0.1, 0.15) is 11.0 Å². The standard InChI is InChI=1S/C16H18N4O2S/c1-2-13-14(21)17-6-8-20(13)16(22)19-12-5-3-4-11(10-12)15-18-7-9-23-15/h3-5,7,9-10,13H,2,6,8H2,1H3,(H,17,21)(H,19,22). The maximum atomic E-state index is 12.5. The SMILES string of the molecule is CCC1C(=O)NCCN1C(=O)Nc1cccc(-c2nccs2)c1. The fraction of sp³-hybridized carbons (Fsp3) is 0.312. The van der Waals surface area contributed by atoms with Gasteiger partial charge in [0, 0.05) is 35.9 Å². The number of piperazine rings is 1. The first-order valence-corrected chi connectivity index (χ1v) is 8.42. The van der Waals surface area contributed by atoms with Gasteiger partial charge >= 0.3 is 6.03 Å². The highest BCUT2D eigenvalue weighted by molar-refractivity contribution is 7.13. The molecule has 0 aliphatic carbocycles. The minimum Gasteiger partial charge on any atom is -0.353 e. The van der Waals surface area contributed by atoms with E-state index in [4.69, 9.17) is 0 Å². The quantitative estimate of drug-likeness (QED) is 0.908. The largest absolute Gasteiger partial charge is 0.353 e. The summed E-state index contributed by atoms with van der Waals surface area (Å²) in [6.45, 7) is 2.91. The highest BCUT2D eigenvalue weighted by Gasteiger charge is 2.31. The number of nitrogens with zero attached hydrogens (tertiary/aromatic N) is 2. The average Bonchev–Trinajstić information content (AvgIpc) is 3.09. The van der Waals surface area contributed by atoms with Crippen LogP contribution in [0.25, 0.3) is 10.6 Å². The molecule has 1 aromatic carbocycles. The third-order valence-corrected chi connectivity index (χ3v) is 4.59. The van der Waals surface area contributed by atoms with E-state index < -0.39 is 6.04 Å². The molecule has 1 unspecified atom stereocenters. The number of carbonyl (C=O) groups excluding carboxylic acids is 2. The van der Waals surface area contributed by atoms with Crippen molar-refractivity contribution in [1.29, 1.82) is 0 Å². The number of benzene rings is 1. The first-order chi connectivity index (χ1) is 11.2. The number of amides is 3. The van der Waals surface area contributed by atoms with Crippen molar-refractivity contribution in [3.05, 3.63) is 35.8 Å². The molecular formula is C16H18N4O2S. The normalized spacial score (nSPS) is 17.7. The molecule has 1 saturated heterocycles. The van der Waals surface area contributed by atoms with E-state index in [0.717, 1.165) is 10.6 Å². The van der Waals surface area contributed by atoms with Gasteiger partial charge in [-0.1, -0.05) is 19.1 Å². The summed E-state index contributed by atoms with van der Waals surface area (Å²) in [5.74, 6) is -0.0922. The lowest BCUT2D eigenvalue weighted by atomic mass is 10.1. The first-order valence-electron chi connectivity index (χ1n) is 7.54. The number of thiazole rings is 1. The number of nitrogens with one attached hydrogen (secondary N) is 2. The number of aromatic nitrogens is 1. The summed E-state index contributed by atoms with van der Waals surface area (Å²) < 4.78 is 0. The zero-order chi connectivity index (χ0) is 16.2. The maximum Gasteiger partial charge on any atom is 0.322 e. The zero-order valence-corrected chi connectivity index (χ0v) is 13.6. The summed E-state index contributed by atoms with van der Waals surface area (Å²) in [4.78, 5) is 30.2. The van der Waals surface area contributed by atoms with E-state index in [1.807, 2.05) is 36.6 Å². The molecule has 3 amide bonds. The number of hydrogen-bond donors (Lipinski definition) is 2. The van der Waals surface area contributed by atoms with Crippen LogP contribution in [0.5, 0.6) is 0 Å². The van der Waals surface area contributed by atoms with Gasteiger partial charge in [-0.3, -0.25) is 4.79 Å².